The van der Waals surface area contributed by atoms with E-state index in [0.29, 0.717) is 28.6 Å². The summed E-state index contributed by atoms with van der Waals surface area (Å²) in [7, 11) is 3.23. The van der Waals surface area contributed by atoms with E-state index in [1.54, 1.807) is 32.4 Å². The minimum atomic E-state index is 0.000542. The zero-order valence-corrected chi connectivity index (χ0v) is 14.9. The van der Waals surface area contributed by atoms with E-state index >= 15 is 0 Å². The highest BCUT2D eigenvalue weighted by Gasteiger charge is 2.32. The third-order valence-corrected chi connectivity index (χ3v) is 4.93. The van der Waals surface area contributed by atoms with E-state index in [-0.39, 0.29) is 18.7 Å². The fraction of sp³-hybridized carbons (Fsp3) is 0.350. The van der Waals surface area contributed by atoms with Crippen molar-refractivity contribution in [2.75, 3.05) is 27.6 Å². The molecule has 0 saturated carbocycles. The lowest BCUT2D eigenvalue weighted by Gasteiger charge is -2.26. The van der Waals surface area contributed by atoms with Crippen LogP contribution in [-0.4, -0.2) is 38.4 Å². The summed E-state index contributed by atoms with van der Waals surface area (Å²) in [6.45, 7) is 0.928. The molecule has 0 bridgehead atoms. The van der Waals surface area contributed by atoms with Gasteiger partial charge in [0, 0.05) is 12.1 Å². The van der Waals surface area contributed by atoms with E-state index in [4.69, 9.17) is 18.9 Å². The Bertz CT molecular complexity index is 835. The third-order valence-electron chi connectivity index (χ3n) is 4.93. The molecular formula is C20H21NO5. The highest BCUT2D eigenvalue weighted by molar-refractivity contribution is 5.95. The van der Waals surface area contributed by atoms with Gasteiger partial charge in [-0.1, -0.05) is 6.07 Å². The maximum atomic E-state index is 13.1. The van der Waals surface area contributed by atoms with Crippen LogP contribution in [0.4, 0.5) is 0 Å². The van der Waals surface area contributed by atoms with Gasteiger partial charge in [0.25, 0.3) is 5.91 Å². The van der Waals surface area contributed by atoms with Gasteiger partial charge in [-0.3, -0.25) is 4.79 Å². The maximum Gasteiger partial charge on any atom is 0.254 e. The molecule has 0 N–H and O–H groups in total. The number of ether oxygens (including phenoxy) is 4. The Balaban J connectivity index is 1.61. The van der Waals surface area contributed by atoms with Gasteiger partial charge >= 0.3 is 0 Å². The van der Waals surface area contributed by atoms with Crippen LogP contribution in [0.1, 0.15) is 34.8 Å². The monoisotopic (exact) mass is 355 g/mol. The molecule has 1 saturated heterocycles. The van der Waals surface area contributed by atoms with E-state index < -0.39 is 0 Å². The Morgan fingerprint density at radius 3 is 2.65 bits per heavy atom. The summed E-state index contributed by atoms with van der Waals surface area (Å²) >= 11 is 0. The predicted octanol–water partition coefficient (Wildman–Crippen LogP) is 3.41. The maximum absolute atomic E-state index is 13.1. The van der Waals surface area contributed by atoms with Crippen LogP contribution in [0.3, 0.4) is 0 Å². The lowest BCUT2D eigenvalue weighted by molar-refractivity contribution is 0.0735. The fourth-order valence-electron chi connectivity index (χ4n) is 3.61. The Hall–Kier alpha value is -2.89. The van der Waals surface area contributed by atoms with Crippen LogP contribution in [-0.2, 0) is 0 Å². The first-order chi connectivity index (χ1) is 12.7. The Morgan fingerprint density at radius 2 is 1.85 bits per heavy atom. The first-order valence-corrected chi connectivity index (χ1v) is 8.64. The van der Waals surface area contributed by atoms with Gasteiger partial charge in [0.1, 0.15) is 0 Å². The van der Waals surface area contributed by atoms with Crippen molar-refractivity contribution >= 4 is 5.91 Å². The van der Waals surface area contributed by atoms with Crippen molar-refractivity contribution in [1.29, 1.82) is 0 Å². The van der Waals surface area contributed by atoms with Gasteiger partial charge < -0.3 is 23.8 Å². The lowest BCUT2D eigenvalue weighted by Crippen LogP contribution is -2.30. The number of likely N-dealkylation sites (tertiary alicyclic amines) is 1. The zero-order valence-electron chi connectivity index (χ0n) is 14.9. The standard InChI is InChI=1S/C20H21NO5/c1-23-16-7-5-13(10-18(16)24-2)15-4-3-9-21(15)20(22)14-6-8-17-19(11-14)26-12-25-17/h5-8,10-11,15H,3-4,9,12H2,1-2H3. The molecule has 1 atom stereocenters. The molecule has 4 rings (SSSR count). The van der Waals surface area contributed by atoms with Crippen molar-refractivity contribution in [2.24, 2.45) is 0 Å². The first-order valence-electron chi connectivity index (χ1n) is 8.64. The van der Waals surface area contributed by atoms with Crippen molar-refractivity contribution in [3.8, 4) is 23.0 Å². The lowest BCUT2D eigenvalue weighted by atomic mass is 10.0. The number of nitrogens with zero attached hydrogens (tertiary/aromatic N) is 1. The van der Waals surface area contributed by atoms with Gasteiger partial charge in [0.2, 0.25) is 6.79 Å². The van der Waals surface area contributed by atoms with E-state index in [2.05, 4.69) is 0 Å². The summed E-state index contributed by atoms with van der Waals surface area (Å²) in [5.74, 6) is 2.66. The number of benzene rings is 2. The zero-order chi connectivity index (χ0) is 18.1. The molecule has 2 heterocycles. The van der Waals surface area contributed by atoms with Crippen molar-refractivity contribution in [3.05, 3.63) is 47.5 Å². The molecule has 0 aliphatic carbocycles. The van der Waals surface area contributed by atoms with Gasteiger partial charge in [0.15, 0.2) is 23.0 Å². The minimum Gasteiger partial charge on any atom is -0.493 e. The number of hydrogen-bond acceptors (Lipinski definition) is 5. The second-order valence-electron chi connectivity index (χ2n) is 6.34. The van der Waals surface area contributed by atoms with Gasteiger partial charge in [-0.05, 0) is 48.7 Å². The summed E-state index contributed by atoms with van der Waals surface area (Å²) < 4.78 is 21.4. The molecule has 6 nitrogen and oxygen atoms in total. The van der Waals surface area contributed by atoms with Gasteiger partial charge in [-0.25, -0.2) is 0 Å². The van der Waals surface area contributed by atoms with Crippen LogP contribution < -0.4 is 18.9 Å². The number of carbonyl (C=O) groups excluding carboxylic acids is 1. The average molecular weight is 355 g/mol. The van der Waals surface area contributed by atoms with Crippen molar-refractivity contribution in [3.63, 3.8) is 0 Å². The van der Waals surface area contributed by atoms with Crippen LogP contribution in [0, 0.1) is 0 Å². The minimum absolute atomic E-state index is 0.000542. The van der Waals surface area contributed by atoms with E-state index in [1.807, 2.05) is 23.1 Å². The number of rotatable bonds is 4. The normalized spacial score (nSPS) is 18.1. The molecule has 0 radical (unpaired) electrons. The quantitative estimate of drug-likeness (QED) is 0.841. The SMILES string of the molecule is COc1ccc(C2CCCN2C(=O)c2ccc3c(c2)OCO3)cc1OC. The molecule has 2 aliphatic heterocycles. The van der Waals surface area contributed by atoms with Gasteiger partial charge in [0.05, 0.1) is 20.3 Å². The second-order valence-corrected chi connectivity index (χ2v) is 6.34. The van der Waals surface area contributed by atoms with Crippen molar-refractivity contribution in [1.82, 2.24) is 4.90 Å². The summed E-state index contributed by atoms with van der Waals surface area (Å²) in [5, 5.41) is 0. The van der Waals surface area contributed by atoms with E-state index in [9.17, 15) is 4.79 Å². The average Bonchev–Trinajstić information content (AvgIpc) is 3.35. The van der Waals surface area contributed by atoms with Crippen LogP contribution in [0.15, 0.2) is 36.4 Å². The predicted molar refractivity (Wildman–Crippen MR) is 95.1 cm³/mol. The molecule has 26 heavy (non-hydrogen) atoms. The summed E-state index contributed by atoms with van der Waals surface area (Å²) in [4.78, 5) is 15.0. The summed E-state index contributed by atoms with van der Waals surface area (Å²) in [6.07, 6.45) is 1.89. The number of carbonyl (C=O) groups is 1. The highest BCUT2D eigenvalue weighted by Crippen LogP contribution is 2.39. The Kier molecular flexibility index (Phi) is 4.32. The summed E-state index contributed by atoms with van der Waals surface area (Å²) in [5.41, 5.74) is 1.66. The number of amides is 1. The van der Waals surface area contributed by atoms with Crippen molar-refractivity contribution in [2.45, 2.75) is 18.9 Å². The molecular weight excluding hydrogens is 334 g/mol. The highest BCUT2D eigenvalue weighted by atomic mass is 16.7. The largest absolute Gasteiger partial charge is 0.493 e. The first kappa shape index (κ1) is 16.6. The van der Waals surface area contributed by atoms with Gasteiger partial charge in [-0.2, -0.15) is 0 Å². The Morgan fingerprint density at radius 1 is 1.04 bits per heavy atom. The molecule has 2 aliphatic rings. The Labute approximate surface area is 152 Å². The molecule has 0 spiro atoms. The smallest absolute Gasteiger partial charge is 0.254 e. The van der Waals surface area contributed by atoms with Crippen LogP contribution in [0.5, 0.6) is 23.0 Å². The van der Waals surface area contributed by atoms with Crippen molar-refractivity contribution < 1.29 is 23.7 Å². The molecule has 1 fully saturated rings. The van der Waals surface area contributed by atoms with E-state index in [0.717, 1.165) is 24.9 Å². The second kappa shape index (κ2) is 6.78. The van der Waals surface area contributed by atoms with Crippen LogP contribution in [0.25, 0.3) is 0 Å². The van der Waals surface area contributed by atoms with Crippen LogP contribution >= 0.6 is 0 Å². The number of fused-ring (bicyclic) bond motifs is 1. The topological polar surface area (TPSA) is 57.2 Å². The summed E-state index contributed by atoms with van der Waals surface area (Å²) in [6, 6.07) is 11.2. The molecule has 136 valence electrons. The molecule has 2 aromatic rings. The van der Waals surface area contributed by atoms with E-state index in [1.165, 1.54) is 0 Å². The number of methoxy groups -OCH3 is 2. The third kappa shape index (κ3) is 2.81. The number of hydrogen-bond donors (Lipinski definition) is 0. The molecule has 2 aromatic carbocycles. The molecule has 1 amide bonds. The van der Waals surface area contributed by atoms with Gasteiger partial charge in [-0.15, -0.1) is 0 Å². The molecule has 6 heteroatoms. The van der Waals surface area contributed by atoms with Crippen LogP contribution in [0.2, 0.25) is 0 Å². The molecule has 1 unspecified atom stereocenters. The molecule has 0 aromatic heterocycles. The fourth-order valence-corrected chi connectivity index (χ4v) is 3.61.